The lowest BCUT2D eigenvalue weighted by atomic mass is 10.1. The highest BCUT2D eigenvalue weighted by molar-refractivity contribution is 5.79. The first-order valence-corrected chi connectivity index (χ1v) is 4.23. The molecular weight excluding hydrogens is 183 g/mol. The summed E-state index contributed by atoms with van der Waals surface area (Å²) < 4.78 is 36.6. The molecule has 0 aliphatic carbocycles. The van der Waals surface area contributed by atoms with E-state index in [1.165, 1.54) is 4.90 Å². The maximum Gasteiger partial charge on any atom is 0.403 e. The standard InChI is InChI=1S/C8H12F3NO/c1-6(8(9,10)11)12-4-2-7(13)3-5-12/h6H,2-5H2,1H3. The van der Waals surface area contributed by atoms with Gasteiger partial charge in [0, 0.05) is 25.9 Å². The maximum absolute atomic E-state index is 12.2. The summed E-state index contributed by atoms with van der Waals surface area (Å²) in [6.07, 6.45) is -3.68. The zero-order valence-electron chi connectivity index (χ0n) is 7.40. The number of hydrogen-bond acceptors (Lipinski definition) is 2. The first kappa shape index (κ1) is 10.5. The van der Waals surface area contributed by atoms with Crippen molar-refractivity contribution >= 4 is 5.78 Å². The van der Waals surface area contributed by atoms with Crippen molar-refractivity contribution in [1.29, 1.82) is 0 Å². The average Bonchev–Trinajstić information content (AvgIpc) is 2.03. The first-order valence-electron chi connectivity index (χ1n) is 4.23. The van der Waals surface area contributed by atoms with Crippen LogP contribution in [0.2, 0.25) is 0 Å². The van der Waals surface area contributed by atoms with Crippen LogP contribution in [0.5, 0.6) is 0 Å². The van der Waals surface area contributed by atoms with Crippen molar-refractivity contribution in [3.63, 3.8) is 0 Å². The Balaban J connectivity index is 2.49. The lowest BCUT2D eigenvalue weighted by Gasteiger charge is -2.32. The van der Waals surface area contributed by atoms with E-state index in [2.05, 4.69) is 0 Å². The third-order valence-corrected chi connectivity index (χ3v) is 2.38. The molecule has 0 N–H and O–H groups in total. The van der Waals surface area contributed by atoms with Gasteiger partial charge in [0.1, 0.15) is 11.8 Å². The zero-order valence-corrected chi connectivity index (χ0v) is 7.40. The molecule has 1 unspecified atom stereocenters. The predicted molar refractivity (Wildman–Crippen MR) is 41.3 cm³/mol. The highest BCUT2D eigenvalue weighted by atomic mass is 19.4. The SMILES string of the molecule is CC(N1CCC(=O)CC1)C(F)(F)F. The molecule has 1 aliphatic heterocycles. The van der Waals surface area contributed by atoms with Gasteiger partial charge in [-0.05, 0) is 6.92 Å². The zero-order chi connectivity index (χ0) is 10.1. The molecule has 0 aromatic rings. The van der Waals surface area contributed by atoms with E-state index in [9.17, 15) is 18.0 Å². The second kappa shape index (κ2) is 3.65. The molecule has 76 valence electrons. The van der Waals surface area contributed by atoms with Crippen molar-refractivity contribution in [2.75, 3.05) is 13.1 Å². The number of piperidine rings is 1. The monoisotopic (exact) mass is 195 g/mol. The molecule has 0 spiro atoms. The molecule has 0 radical (unpaired) electrons. The van der Waals surface area contributed by atoms with Crippen LogP contribution in [0, 0.1) is 0 Å². The summed E-state index contributed by atoms with van der Waals surface area (Å²) in [5.41, 5.74) is 0. The number of alkyl halides is 3. The molecule has 13 heavy (non-hydrogen) atoms. The second-order valence-electron chi connectivity index (χ2n) is 3.29. The Morgan fingerprint density at radius 1 is 1.31 bits per heavy atom. The van der Waals surface area contributed by atoms with E-state index in [0.717, 1.165) is 6.92 Å². The van der Waals surface area contributed by atoms with Crippen molar-refractivity contribution in [2.24, 2.45) is 0 Å². The number of likely N-dealkylation sites (tertiary alicyclic amines) is 1. The maximum atomic E-state index is 12.2. The first-order chi connectivity index (χ1) is 5.91. The molecule has 1 aliphatic rings. The molecule has 0 aromatic heterocycles. The summed E-state index contributed by atoms with van der Waals surface area (Å²) in [5, 5.41) is 0. The minimum absolute atomic E-state index is 0.0608. The van der Waals surface area contributed by atoms with Gasteiger partial charge in [-0.25, -0.2) is 0 Å². The number of carbonyl (C=O) groups excluding carboxylic acids is 1. The van der Waals surface area contributed by atoms with Crippen molar-refractivity contribution in [2.45, 2.75) is 32.0 Å². The van der Waals surface area contributed by atoms with Crippen molar-refractivity contribution < 1.29 is 18.0 Å². The van der Waals surface area contributed by atoms with Crippen LogP contribution in [-0.2, 0) is 4.79 Å². The average molecular weight is 195 g/mol. The van der Waals surface area contributed by atoms with E-state index in [1.807, 2.05) is 0 Å². The van der Waals surface area contributed by atoms with Crippen LogP contribution in [0.3, 0.4) is 0 Å². The van der Waals surface area contributed by atoms with Crippen molar-refractivity contribution in [3.05, 3.63) is 0 Å². The number of ketones is 1. The molecule has 1 fully saturated rings. The molecule has 1 atom stereocenters. The topological polar surface area (TPSA) is 20.3 Å². The number of Topliss-reactive ketones (excluding diaryl/α,β-unsaturated/α-hetero) is 1. The largest absolute Gasteiger partial charge is 0.403 e. The molecule has 0 saturated carbocycles. The number of nitrogens with zero attached hydrogens (tertiary/aromatic N) is 1. The normalized spacial score (nSPS) is 23.2. The Bertz CT molecular complexity index is 192. The Kier molecular flexibility index (Phi) is 2.95. The fourth-order valence-corrected chi connectivity index (χ4v) is 1.37. The van der Waals surface area contributed by atoms with Crippen LogP contribution in [0.25, 0.3) is 0 Å². The summed E-state index contributed by atoms with van der Waals surface area (Å²) in [5.74, 6) is 0.0608. The second-order valence-corrected chi connectivity index (χ2v) is 3.29. The van der Waals surface area contributed by atoms with Gasteiger partial charge >= 0.3 is 6.18 Å². The quantitative estimate of drug-likeness (QED) is 0.633. The van der Waals surface area contributed by atoms with Gasteiger partial charge in [0.15, 0.2) is 0 Å². The van der Waals surface area contributed by atoms with Gasteiger partial charge in [0.05, 0.1) is 0 Å². The Morgan fingerprint density at radius 2 is 1.77 bits per heavy atom. The fraction of sp³-hybridized carbons (Fsp3) is 0.875. The van der Waals surface area contributed by atoms with Gasteiger partial charge < -0.3 is 0 Å². The number of carbonyl (C=O) groups is 1. The number of halogens is 3. The van der Waals surface area contributed by atoms with Crippen LogP contribution in [0.4, 0.5) is 13.2 Å². The highest BCUT2D eigenvalue weighted by Gasteiger charge is 2.40. The fourth-order valence-electron chi connectivity index (χ4n) is 1.37. The van der Waals surface area contributed by atoms with E-state index >= 15 is 0 Å². The Hall–Kier alpha value is -0.580. The Morgan fingerprint density at radius 3 is 2.15 bits per heavy atom. The molecule has 5 heteroatoms. The molecular formula is C8H12F3NO. The lowest BCUT2D eigenvalue weighted by Crippen LogP contribution is -2.47. The lowest BCUT2D eigenvalue weighted by molar-refractivity contribution is -0.181. The molecule has 1 heterocycles. The number of rotatable bonds is 1. The molecule has 1 rings (SSSR count). The molecule has 0 aromatic carbocycles. The Labute approximate surface area is 74.7 Å². The van der Waals surface area contributed by atoms with Gasteiger partial charge in [-0.3, -0.25) is 9.69 Å². The van der Waals surface area contributed by atoms with Gasteiger partial charge in [-0.2, -0.15) is 13.2 Å². The third-order valence-electron chi connectivity index (χ3n) is 2.38. The minimum Gasteiger partial charge on any atom is -0.300 e. The van der Waals surface area contributed by atoms with Crippen molar-refractivity contribution in [3.8, 4) is 0 Å². The summed E-state index contributed by atoms with van der Waals surface area (Å²) >= 11 is 0. The van der Waals surface area contributed by atoms with Gasteiger partial charge in [-0.1, -0.05) is 0 Å². The van der Waals surface area contributed by atoms with Crippen LogP contribution >= 0.6 is 0 Å². The summed E-state index contributed by atoms with van der Waals surface area (Å²) in [6.45, 7) is 1.61. The summed E-state index contributed by atoms with van der Waals surface area (Å²) in [4.78, 5) is 12.1. The highest BCUT2D eigenvalue weighted by Crippen LogP contribution is 2.25. The van der Waals surface area contributed by atoms with Gasteiger partial charge in [-0.15, -0.1) is 0 Å². The summed E-state index contributed by atoms with van der Waals surface area (Å²) in [7, 11) is 0. The number of hydrogen-bond donors (Lipinski definition) is 0. The third kappa shape index (κ3) is 2.69. The van der Waals surface area contributed by atoms with E-state index in [-0.39, 0.29) is 31.7 Å². The van der Waals surface area contributed by atoms with Gasteiger partial charge in [0.2, 0.25) is 0 Å². The van der Waals surface area contributed by atoms with E-state index < -0.39 is 12.2 Å². The van der Waals surface area contributed by atoms with Crippen molar-refractivity contribution in [1.82, 2.24) is 4.90 Å². The van der Waals surface area contributed by atoms with Crippen LogP contribution in [-0.4, -0.2) is 36.0 Å². The predicted octanol–water partition coefficient (Wildman–Crippen LogP) is 1.60. The van der Waals surface area contributed by atoms with E-state index in [0.29, 0.717) is 0 Å². The van der Waals surface area contributed by atoms with E-state index in [1.54, 1.807) is 0 Å². The minimum atomic E-state index is -4.18. The summed E-state index contributed by atoms with van der Waals surface area (Å²) in [6, 6.07) is -1.43. The van der Waals surface area contributed by atoms with Gasteiger partial charge in [0.25, 0.3) is 0 Å². The van der Waals surface area contributed by atoms with Crippen LogP contribution in [0.1, 0.15) is 19.8 Å². The smallest absolute Gasteiger partial charge is 0.300 e. The molecule has 2 nitrogen and oxygen atoms in total. The van der Waals surface area contributed by atoms with Crippen LogP contribution in [0.15, 0.2) is 0 Å². The van der Waals surface area contributed by atoms with Crippen LogP contribution < -0.4 is 0 Å². The molecule has 0 amide bonds. The molecule has 1 saturated heterocycles. The van der Waals surface area contributed by atoms with E-state index in [4.69, 9.17) is 0 Å². The molecule has 0 bridgehead atoms.